The van der Waals surface area contributed by atoms with Gasteiger partial charge in [0.25, 0.3) is 0 Å². The van der Waals surface area contributed by atoms with E-state index in [1.54, 1.807) is 6.07 Å². The van der Waals surface area contributed by atoms with Crippen molar-refractivity contribution < 1.29 is 13.2 Å². The molecule has 0 amide bonds. The molecule has 0 aliphatic carbocycles. The van der Waals surface area contributed by atoms with Crippen LogP contribution in [-0.2, 0) is 16.4 Å². The number of anilines is 1. The maximum atomic E-state index is 12.6. The van der Waals surface area contributed by atoms with Crippen molar-refractivity contribution in [3.05, 3.63) is 17.7 Å². The van der Waals surface area contributed by atoms with Gasteiger partial charge in [0.15, 0.2) is 0 Å². The van der Waals surface area contributed by atoms with Gasteiger partial charge in [0, 0.05) is 11.2 Å². The van der Waals surface area contributed by atoms with Gasteiger partial charge in [0.2, 0.25) is 10.0 Å². The number of nitrogens with one attached hydrogen (secondary N) is 1. The predicted molar refractivity (Wildman–Crippen MR) is 79.4 cm³/mol. The minimum absolute atomic E-state index is 0.147. The van der Waals surface area contributed by atoms with Crippen LogP contribution >= 0.6 is 0 Å². The van der Waals surface area contributed by atoms with Gasteiger partial charge in [-0.1, -0.05) is 6.92 Å². The number of ether oxygens (including phenoxy) is 1. The van der Waals surface area contributed by atoms with Crippen molar-refractivity contribution in [2.45, 2.75) is 50.5 Å². The Hall–Kier alpha value is -1.27. The van der Waals surface area contributed by atoms with E-state index in [0.29, 0.717) is 24.5 Å². The normalized spacial score (nSPS) is 15.6. The molecular weight excluding hydrogens is 276 g/mol. The molecule has 0 aromatic heterocycles. The number of hydrogen-bond acceptors (Lipinski definition) is 4. The third-order valence-electron chi connectivity index (χ3n) is 3.58. The number of benzene rings is 1. The zero-order valence-electron chi connectivity index (χ0n) is 12.2. The molecule has 0 saturated carbocycles. The Morgan fingerprint density at radius 2 is 2.10 bits per heavy atom. The van der Waals surface area contributed by atoms with Crippen LogP contribution in [0.15, 0.2) is 17.0 Å². The second-order valence-corrected chi connectivity index (χ2v) is 7.45. The summed E-state index contributed by atoms with van der Waals surface area (Å²) in [6, 6.07) is 3.26. The van der Waals surface area contributed by atoms with Crippen LogP contribution in [0.2, 0.25) is 0 Å². The first-order valence-corrected chi connectivity index (χ1v) is 8.33. The number of sulfonamides is 1. The van der Waals surface area contributed by atoms with Crippen LogP contribution < -0.4 is 15.2 Å². The average molecular weight is 298 g/mol. The predicted octanol–water partition coefficient (Wildman–Crippen LogP) is 2.06. The van der Waals surface area contributed by atoms with Gasteiger partial charge < -0.3 is 10.5 Å². The number of nitrogens with two attached hydrogens (primary N) is 1. The Labute approximate surface area is 120 Å². The van der Waals surface area contributed by atoms with Crippen LogP contribution in [0.1, 0.15) is 39.2 Å². The Balaban J connectivity index is 2.49. The Kier molecular flexibility index (Phi) is 3.97. The fourth-order valence-corrected chi connectivity index (χ4v) is 3.87. The molecule has 6 heteroatoms. The van der Waals surface area contributed by atoms with Crippen LogP contribution in [0.4, 0.5) is 5.69 Å². The number of fused-ring (bicyclic) bond motifs is 1. The Bertz CT molecular complexity index is 609. The minimum Gasteiger partial charge on any atom is -0.492 e. The molecule has 20 heavy (non-hydrogen) atoms. The second-order valence-electron chi connectivity index (χ2n) is 5.80. The van der Waals surface area contributed by atoms with E-state index in [9.17, 15) is 8.42 Å². The molecule has 5 nitrogen and oxygen atoms in total. The molecule has 2 rings (SSSR count). The highest BCUT2D eigenvalue weighted by Gasteiger charge is 2.29. The molecule has 1 aliphatic heterocycles. The number of nitrogen functional groups attached to an aromatic ring is 1. The van der Waals surface area contributed by atoms with Gasteiger partial charge >= 0.3 is 0 Å². The Morgan fingerprint density at radius 1 is 1.40 bits per heavy atom. The lowest BCUT2D eigenvalue weighted by atomic mass is 10.0. The first-order chi connectivity index (χ1) is 9.25. The van der Waals surface area contributed by atoms with Crippen LogP contribution in [-0.4, -0.2) is 20.6 Å². The van der Waals surface area contributed by atoms with E-state index >= 15 is 0 Å². The molecule has 1 heterocycles. The Morgan fingerprint density at radius 3 is 2.75 bits per heavy atom. The highest BCUT2D eigenvalue weighted by molar-refractivity contribution is 7.89. The van der Waals surface area contributed by atoms with Crippen molar-refractivity contribution in [3.8, 4) is 5.75 Å². The minimum atomic E-state index is -3.65. The first kappa shape index (κ1) is 15.1. The quantitative estimate of drug-likeness (QED) is 0.834. The lowest BCUT2D eigenvalue weighted by molar-refractivity contribution is 0.280. The van der Waals surface area contributed by atoms with E-state index in [-0.39, 0.29) is 4.90 Å². The van der Waals surface area contributed by atoms with E-state index in [1.165, 1.54) is 6.07 Å². The van der Waals surface area contributed by atoms with Crippen molar-refractivity contribution in [2.75, 3.05) is 12.3 Å². The fraction of sp³-hybridized carbons (Fsp3) is 0.571. The van der Waals surface area contributed by atoms with Crippen molar-refractivity contribution in [3.63, 3.8) is 0 Å². The molecular formula is C14H22N2O3S. The number of aryl methyl sites for hydroxylation is 1. The summed E-state index contributed by atoms with van der Waals surface area (Å²) in [7, 11) is -3.65. The van der Waals surface area contributed by atoms with Gasteiger partial charge in [-0.2, -0.15) is 0 Å². The van der Waals surface area contributed by atoms with Crippen LogP contribution in [0.25, 0.3) is 0 Å². The van der Waals surface area contributed by atoms with Gasteiger partial charge in [-0.15, -0.1) is 0 Å². The maximum absolute atomic E-state index is 12.6. The van der Waals surface area contributed by atoms with Crippen molar-refractivity contribution >= 4 is 15.7 Å². The maximum Gasteiger partial charge on any atom is 0.244 e. The summed E-state index contributed by atoms with van der Waals surface area (Å²) < 4.78 is 33.5. The zero-order chi connectivity index (χ0) is 15.0. The van der Waals surface area contributed by atoms with Crippen LogP contribution in [0.5, 0.6) is 5.75 Å². The molecule has 0 bridgehead atoms. The lowest BCUT2D eigenvalue weighted by Crippen LogP contribution is -2.42. The van der Waals surface area contributed by atoms with Gasteiger partial charge in [0.1, 0.15) is 10.6 Å². The molecule has 0 atom stereocenters. The molecule has 3 N–H and O–H groups in total. The van der Waals surface area contributed by atoms with Crippen molar-refractivity contribution in [1.29, 1.82) is 0 Å². The topological polar surface area (TPSA) is 81.4 Å². The SMILES string of the molecule is CCC(C)(C)NS(=O)(=O)c1cc(N)cc2c1OCCC2. The molecule has 112 valence electrons. The smallest absolute Gasteiger partial charge is 0.244 e. The number of rotatable bonds is 4. The number of hydrogen-bond donors (Lipinski definition) is 2. The van der Waals surface area contributed by atoms with Crippen LogP contribution in [0.3, 0.4) is 0 Å². The van der Waals surface area contributed by atoms with E-state index in [2.05, 4.69) is 4.72 Å². The monoisotopic (exact) mass is 298 g/mol. The third-order valence-corrected chi connectivity index (χ3v) is 5.28. The van der Waals surface area contributed by atoms with E-state index < -0.39 is 15.6 Å². The summed E-state index contributed by atoms with van der Waals surface area (Å²) in [6.45, 7) is 6.18. The molecule has 0 saturated heterocycles. The van der Waals surface area contributed by atoms with Gasteiger partial charge in [-0.05, 0) is 50.8 Å². The van der Waals surface area contributed by atoms with E-state index in [1.807, 2.05) is 20.8 Å². The third kappa shape index (κ3) is 3.07. The zero-order valence-corrected chi connectivity index (χ0v) is 13.0. The molecule has 1 aliphatic rings. The van der Waals surface area contributed by atoms with Gasteiger partial charge in [-0.25, -0.2) is 13.1 Å². The average Bonchev–Trinajstić information content (AvgIpc) is 2.36. The van der Waals surface area contributed by atoms with Crippen molar-refractivity contribution in [2.24, 2.45) is 0 Å². The van der Waals surface area contributed by atoms with E-state index in [0.717, 1.165) is 18.4 Å². The summed E-state index contributed by atoms with van der Waals surface area (Å²) in [6.07, 6.45) is 2.36. The molecule has 1 aromatic carbocycles. The van der Waals surface area contributed by atoms with Gasteiger partial charge in [-0.3, -0.25) is 0 Å². The summed E-state index contributed by atoms with van der Waals surface area (Å²) >= 11 is 0. The molecule has 0 fully saturated rings. The fourth-order valence-electron chi connectivity index (χ4n) is 2.16. The lowest BCUT2D eigenvalue weighted by Gasteiger charge is -2.26. The van der Waals surface area contributed by atoms with Crippen molar-refractivity contribution in [1.82, 2.24) is 4.72 Å². The highest BCUT2D eigenvalue weighted by atomic mass is 32.2. The summed E-state index contributed by atoms with van der Waals surface area (Å²) in [5, 5.41) is 0. The standard InChI is InChI=1S/C14H22N2O3S/c1-4-14(2,3)16-20(17,18)12-9-11(15)8-10-6-5-7-19-13(10)12/h8-9,16H,4-7,15H2,1-3H3. The molecule has 0 radical (unpaired) electrons. The second kappa shape index (κ2) is 5.26. The largest absolute Gasteiger partial charge is 0.492 e. The summed E-state index contributed by atoms with van der Waals surface area (Å²) in [5.74, 6) is 0.449. The summed E-state index contributed by atoms with van der Waals surface area (Å²) in [5.41, 5.74) is 6.63. The summed E-state index contributed by atoms with van der Waals surface area (Å²) in [4.78, 5) is 0.147. The molecule has 0 unspecified atom stereocenters. The molecule has 1 aromatic rings. The van der Waals surface area contributed by atoms with Crippen LogP contribution in [0, 0.1) is 0 Å². The molecule has 0 spiro atoms. The van der Waals surface area contributed by atoms with E-state index in [4.69, 9.17) is 10.5 Å². The first-order valence-electron chi connectivity index (χ1n) is 6.84. The van der Waals surface area contributed by atoms with Gasteiger partial charge in [0.05, 0.1) is 6.61 Å². The highest BCUT2D eigenvalue weighted by Crippen LogP contribution is 2.35.